The summed E-state index contributed by atoms with van der Waals surface area (Å²) in [5.41, 5.74) is 0.961. The molecule has 0 atom stereocenters. The lowest BCUT2D eigenvalue weighted by Gasteiger charge is -2.26. The molecule has 1 saturated heterocycles. The number of hydrogen-bond donors (Lipinski definition) is 1. The standard InChI is InChI=1S/C21H13ClN2O4/c22-14-6-8-15(9-7-14)24-20(26)17(19(25)23-21(24)27)12-16-10-11-18(28-16)13-4-2-1-3-5-13/h1-12H,(H,23,25,27). The van der Waals surface area contributed by atoms with Gasteiger partial charge in [0.1, 0.15) is 17.1 Å². The molecule has 1 fully saturated rings. The van der Waals surface area contributed by atoms with Crippen molar-refractivity contribution in [3.63, 3.8) is 0 Å². The minimum Gasteiger partial charge on any atom is -0.457 e. The third-order valence-corrected chi connectivity index (χ3v) is 4.41. The summed E-state index contributed by atoms with van der Waals surface area (Å²) in [6.07, 6.45) is 1.32. The van der Waals surface area contributed by atoms with Crippen LogP contribution in [-0.4, -0.2) is 17.8 Å². The number of rotatable bonds is 3. The van der Waals surface area contributed by atoms with Crippen LogP contribution < -0.4 is 10.2 Å². The molecule has 1 aliphatic rings. The van der Waals surface area contributed by atoms with Crippen LogP contribution in [0.4, 0.5) is 10.5 Å². The number of amides is 4. The Labute approximate surface area is 165 Å². The number of furan rings is 1. The van der Waals surface area contributed by atoms with Gasteiger partial charge in [-0.25, -0.2) is 9.69 Å². The van der Waals surface area contributed by atoms with Crippen LogP contribution in [-0.2, 0) is 9.59 Å². The molecule has 138 valence electrons. The Balaban J connectivity index is 1.67. The van der Waals surface area contributed by atoms with Crippen molar-refractivity contribution in [3.8, 4) is 11.3 Å². The summed E-state index contributed by atoms with van der Waals surface area (Å²) >= 11 is 5.85. The highest BCUT2D eigenvalue weighted by Gasteiger charge is 2.37. The smallest absolute Gasteiger partial charge is 0.335 e. The first-order valence-corrected chi connectivity index (χ1v) is 8.73. The summed E-state index contributed by atoms with van der Waals surface area (Å²) in [4.78, 5) is 38.1. The Morgan fingerprint density at radius 1 is 0.893 bits per heavy atom. The molecule has 0 spiro atoms. The molecule has 1 aromatic heterocycles. The number of anilines is 1. The van der Waals surface area contributed by atoms with Crippen molar-refractivity contribution in [3.05, 3.63) is 83.1 Å². The predicted molar refractivity (Wildman–Crippen MR) is 105 cm³/mol. The molecule has 6 nitrogen and oxygen atoms in total. The molecule has 2 aromatic carbocycles. The Hall–Kier alpha value is -3.64. The zero-order valence-electron chi connectivity index (χ0n) is 14.4. The molecule has 3 aromatic rings. The molecule has 0 bridgehead atoms. The van der Waals surface area contributed by atoms with Gasteiger partial charge in [-0.15, -0.1) is 0 Å². The predicted octanol–water partition coefficient (Wildman–Crippen LogP) is 4.27. The largest absolute Gasteiger partial charge is 0.457 e. The molecule has 4 amide bonds. The third kappa shape index (κ3) is 3.33. The SMILES string of the molecule is O=C1NC(=O)N(c2ccc(Cl)cc2)C(=O)C1=Cc1ccc(-c2ccccc2)o1. The summed E-state index contributed by atoms with van der Waals surface area (Å²) < 4.78 is 5.72. The van der Waals surface area contributed by atoms with Gasteiger partial charge in [-0.3, -0.25) is 14.9 Å². The van der Waals surface area contributed by atoms with Gasteiger partial charge in [-0.05, 0) is 42.5 Å². The first-order valence-electron chi connectivity index (χ1n) is 8.35. The molecule has 0 aliphatic carbocycles. The third-order valence-electron chi connectivity index (χ3n) is 4.16. The van der Waals surface area contributed by atoms with E-state index in [2.05, 4.69) is 5.32 Å². The first-order chi connectivity index (χ1) is 13.5. The Bertz CT molecular complexity index is 1100. The van der Waals surface area contributed by atoms with Gasteiger partial charge in [0.2, 0.25) is 0 Å². The van der Waals surface area contributed by atoms with Gasteiger partial charge in [-0.2, -0.15) is 0 Å². The topological polar surface area (TPSA) is 79.6 Å². The first kappa shape index (κ1) is 17.8. The lowest BCUT2D eigenvalue weighted by atomic mass is 10.1. The van der Waals surface area contributed by atoms with Crippen LogP contribution in [0.2, 0.25) is 5.02 Å². The summed E-state index contributed by atoms with van der Waals surface area (Å²) in [5, 5.41) is 2.63. The molecule has 1 N–H and O–H groups in total. The second-order valence-corrected chi connectivity index (χ2v) is 6.44. The minimum absolute atomic E-state index is 0.205. The number of imide groups is 2. The quantitative estimate of drug-likeness (QED) is 0.533. The fraction of sp³-hybridized carbons (Fsp3) is 0. The van der Waals surface area contributed by atoms with Crippen LogP contribution in [0.25, 0.3) is 17.4 Å². The molecule has 0 unspecified atom stereocenters. The van der Waals surface area contributed by atoms with Gasteiger partial charge in [0.25, 0.3) is 11.8 Å². The van der Waals surface area contributed by atoms with Crippen molar-refractivity contribution >= 4 is 41.2 Å². The van der Waals surface area contributed by atoms with Crippen LogP contribution in [0, 0.1) is 0 Å². The summed E-state index contributed by atoms with van der Waals surface area (Å²) in [6, 6.07) is 18.1. The molecule has 0 saturated carbocycles. The second-order valence-electron chi connectivity index (χ2n) is 6.00. The maximum Gasteiger partial charge on any atom is 0.335 e. The lowest BCUT2D eigenvalue weighted by molar-refractivity contribution is -0.122. The number of carbonyl (C=O) groups excluding carboxylic acids is 3. The van der Waals surface area contributed by atoms with Crippen LogP contribution in [0.5, 0.6) is 0 Å². The van der Waals surface area contributed by atoms with Crippen molar-refractivity contribution in [1.82, 2.24) is 5.32 Å². The van der Waals surface area contributed by atoms with Gasteiger partial charge in [0.05, 0.1) is 5.69 Å². The van der Waals surface area contributed by atoms with Crippen LogP contribution in [0.1, 0.15) is 5.76 Å². The van der Waals surface area contributed by atoms with Crippen LogP contribution >= 0.6 is 11.6 Å². The molecule has 2 heterocycles. The van der Waals surface area contributed by atoms with E-state index < -0.39 is 17.8 Å². The van der Waals surface area contributed by atoms with Gasteiger partial charge in [0, 0.05) is 10.6 Å². The van der Waals surface area contributed by atoms with E-state index in [-0.39, 0.29) is 5.57 Å². The average molecular weight is 393 g/mol. The Kier molecular flexibility index (Phi) is 4.55. The highest BCUT2D eigenvalue weighted by molar-refractivity contribution is 6.39. The van der Waals surface area contributed by atoms with Crippen molar-refractivity contribution in [2.75, 3.05) is 4.90 Å². The number of urea groups is 1. The molecular weight excluding hydrogens is 380 g/mol. The van der Waals surface area contributed by atoms with E-state index in [9.17, 15) is 14.4 Å². The highest BCUT2D eigenvalue weighted by Crippen LogP contribution is 2.26. The lowest BCUT2D eigenvalue weighted by Crippen LogP contribution is -2.54. The van der Waals surface area contributed by atoms with Crippen molar-refractivity contribution in [1.29, 1.82) is 0 Å². The van der Waals surface area contributed by atoms with E-state index in [0.717, 1.165) is 10.5 Å². The van der Waals surface area contributed by atoms with Crippen molar-refractivity contribution < 1.29 is 18.8 Å². The van der Waals surface area contributed by atoms with Crippen LogP contribution in [0.3, 0.4) is 0 Å². The van der Waals surface area contributed by atoms with Gasteiger partial charge in [-0.1, -0.05) is 41.9 Å². The van der Waals surface area contributed by atoms with E-state index in [1.54, 1.807) is 24.3 Å². The zero-order chi connectivity index (χ0) is 19.7. The molecular formula is C21H13ClN2O4. The maximum atomic E-state index is 12.8. The highest BCUT2D eigenvalue weighted by atomic mass is 35.5. The monoisotopic (exact) mass is 392 g/mol. The summed E-state index contributed by atoms with van der Waals surface area (Å²) in [7, 11) is 0. The molecule has 7 heteroatoms. The number of benzene rings is 2. The van der Waals surface area contributed by atoms with E-state index in [1.165, 1.54) is 18.2 Å². The molecule has 0 radical (unpaired) electrons. The second kappa shape index (κ2) is 7.17. The normalized spacial score (nSPS) is 15.8. The number of nitrogens with one attached hydrogen (secondary N) is 1. The van der Waals surface area contributed by atoms with E-state index >= 15 is 0 Å². The van der Waals surface area contributed by atoms with Crippen molar-refractivity contribution in [2.45, 2.75) is 0 Å². The number of carbonyl (C=O) groups is 3. The number of hydrogen-bond acceptors (Lipinski definition) is 4. The fourth-order valence-corrected chi connectivity index (χ4v) is 2.94. The van der Waals surface area contributed by atoms with E-state index in [1.807, 2.05) is 30.3 Å². The number of barbiturate groups is 1. The maximum absolute atomic E-state index is 12.8. The Morgan fingerprint density at radius 3 is 2.32 bits per heavy atom. The number of halogens is 1. The van der Waals surface area contributed by atoms with E-state index in [0.29, 0.717) is 22.2 Å². The van der Waals surface area contributed by atoms with Gasteiger partial charge < -0.3 is 4.42 Å². The molecule has 1 aliphatic heterocycles. The average Bonchev–Trinajstić information content (AvgIpc) is 3.16. The number of nitrogens with zero attached hydrogens (tertiary/aromatic N) is 1. The molecule has 28 heavy (non-hydrogen) atoms. The Morgan fingerprint density at radius 2 is 1.61 bits per heavy atom. The summed E-state index contributed by atoms with van der Waals surface area (Å²) in [5.74, 6) is -0.601. The molecule has 4 rings (SSSR count). The van der Waals surface area contributed by atoms with Crippen LogP contribution in [0.15, 0.2) is 76.7 Å². The van der Waals surface area contributed by atoms with Gasteiger partial charge in [0.15, 0.2) is 0 Å². The van der Waals surface area contributed by atoms with E-state index in [4.69, 9.17) is 16.0 Å². The summed E-state index contributed by atoms with van der Waals surface area (Å²) in [6.45, 7) is 0. The van der Waals surface area contributed by atoms with Crippen molar-refractivity contribution in [2.24, 2.45) is 0 Å². The minimum atomic E-state index is -0.820. The zero-order valence-corrected chi connectivity index (χ0v) is 15.1. The van der Waals surface area contributed by atoms with Gasteiger partial charge >= 0.3 is 6.03 Å². The fourth-order valence-electron chi connectivity index (χ4n) is 2.81.